The molecule has 5 nitrogen and oxygen atoms in total. The fourth-order valence-corrected chi connectivity index (χ4v) is 3.54. The number of rotatable bonds is 3. The first kappa shape index (κ1) is 22.3. The van der Waals surface area contributed by atoms with Gasteiger partial charge >= 0.3 is 18.0 Å². The van der Waals surface area contributed by atoms with Crippen LogP contribution in [0.3, 0.4) is 0 Å². The van der Waals surface area contributed by atoms with Gasteiger partial charge in [-0.2, -0.15) is 18.3 Å². The zero-order chi connectivity index (χ0) is 23.6. The van der Waals surface area contributed by atoms with E-state index in [1.807, 2.05) is 54.6 Å². The third kappa shape index (κ3) is 4.80. The van der Waals surface area contributed by atoms with Crippen LogP contribution in [0.15, 0.2) is 77.9 Å². The summed E-state index contributed by atoms with van der Waals surface area (Å²) in [6, 6.07) is 19.7. The molecule has 9 heteroatoms. The highest BCUT2D eigenvalue weighted by Crippen LogP contribution is 2.33. The number of benzene rings is 4. The predicted molar refractivity (Wildman–Crippen MR) is 122 cm³/mol. The van der Waals surface area contributed by atoms with Crippen molar-refractivity contribution in [3.05, 3.63) is 88.9 Å². The van der Waals surface area contributed by atoms with E-state index < -0.39 is 23.6 Å². The lowest BCUT2D eigenvalue weighted by atomic mass is 9.97. The van der Waals surface area contributed by atoms with Gasteiger partial charge in [0.25, 0.3) is 0 Å². The van der Waals surface area contributed by atoms with E-state index in [4.69, 9.17) is 11.6 Å². The van der Waals surface area contributed by atoms with E-state index >= 15 is 0 Å². The number of fused-ring (bicyclic) bond motifs is 2. The highest BCUT2D eigenvalue weighted by Gasteiger charge is 2.31. The second-order valence-electron chi connectivity index (χ2n) is 7.08. The van der Waals surface area contributed by atoms with Gasteiger partial charge in [0.15, 0.2) is 0 Å². The molecule has 0 fully saturated rings. The number of alkyl halides is 3. The Morgan fingerprint density at radius 1 is 0.848 bits per heavy atom. The number of carbonyl (C=O) groups is 2. The van der Waals surface area contributed by atoms with Crippen LogP contribution in [0.1, 0.15) is 11.1 Å². The molecule has 0 bridgehead atoms. The molecule has 0 saturated heterocycles. The number of anilines is 1. The van der Waals surface area contributed by atoms with E-state index in [0.717, 1.165) is 39.2 Å². The van der Waals surface area contributed by atoms with Gasteiger partial charge in [0.2, 0.25) is 0 Å². The van der Waals surface area contributed by atoms with Crippen molar-refractivity contribution in [2.75, 3.05) is 5.32 Å². The first-order chi connectivity index (χ1) is 15.7. The number of halogens is 4. The van der Waals surface area contributed by atoms with Gasteiger partial charge in [-0.25, -0.2) is 5.43 Å². The minimum absolute atomic E-state index is 0.144. The molecule has 0 heterocycles. The largest absolute Gasteiger partial charge is 0.416 e. The zero-order valence-corrected chi connectivity index (χ0v) is 17.5. The van der Waals surface area contributed by atoms with E-state index in [9.17, 15) is 22.8 Å². The van der Waals surface area contributed by atoms with Gasteiger partial charge in [-0.05, 0) is 45.8 Å². The van der Waals surface area contributed by atoms with Gasteiger partial charge in [-0.1, -0.05) is 60.1 Å². The maximum Gasteiger partial charge on any atom is 0.416 e. The molecule has 4 aromatic rings. The number of amides is 2. The highest BCUT2D eigenvalue weighted by molar-refractivity contribution is 6.41. The number of hydrazone groups is 1. The van der Waals surface area contributed by atoms with Crippen molar-refractivity contribution >= 4 is 56.9 Å². The third-order valence-corrected chi connectivity index (χ3v) is 5.25. The second kappa shape index (κ2) is 8.91. The second-order valence-corrected chi connectivity index (χ2v) is 7.49. The topological polar surface area (TPSA) is 70.6 Å². The van der Waals surface area contributed by atoms with Crippen LogP contribution in [0.2, 0.25) is 5.02 Å². The van der Waals surface area contributed by atoms with Crippen LogP contribution in [-0.4, -0.2) is 18.0 Å². The summed E-state index contributed by atoms with van der Waals surface area (Å²) in [5.74, 6) is -2.37. The minimum Gasteiger partial charge on any atom is -0.316 e. The number of hydrogen-bond donors (Lipinski definition) is 2. The zero-order valence-electron chi connectivity index (χ0n) is 16.8. The van der Waals surface area contributed by atoms with E-state index in [1.54, 1.807) is 0 Å². The van der Waals surface area contributed by atoms with Crippen LogP contribution >= 0.6 is 11.6 Å². The molecular weight excluding hydrogens is 455 g/mol. The molecule has 0 radical (unpaired) electrons. The van der Waals surface area contributed by atoms with Crippen LogP contribution in [0, 0.1) is 0 Å². The molecule has 166 valence electrons. The summed E-state index contributed by atoms with van der Waals surface area (Å²) in [6.45, 7) is 0. The average molecular weight is 470 g/mol. The van der Waals surface area contributed by atoms with Crippen molar-refractivity contribution in [3.63, 3.8) is 0 Å². The molecule has 0 aliphatic rings. The lowest BCUT2D eigenvalue weighted by Crippen LogP contribution is -2.32. The Balaban J connectivity index is 1.54. The van der Waals surface area contributed by atoms with Crippen molar-refractivity contribution in [3.8, 4) is 0 Å². The standard InChI is InChI=1S/C24H15ClF3N3O2/c25-20-10-9-16(24(26,27)28)12-21(20)30-22(32)23(33)31-29-13-19-17-7-3-1-5-14(17)11-15-6-2-4-8-18(15)19/h1-13H,(H,30,32)(H,31,33)/b29-13+. The van der Waals surface area contributed by atoms with Gasteiger partial charge in [0, 0.05) is 5.56 Å². The Morgan fingerprint density at radius 2 is 1.45 bits per heavy atom. The summed E-state index contributed by atoms with van der Waals surface area (Å²) >= 11 is 5.85. The van der Waals surface area contributed by atoms with Gasteiger partial charge in [-0.15, -0.1) is 0 Å². The average Bonchev–Trinajstić information content (AvgIpc) is 2.79. The smallest absolute Gasteiger partial charge is 0.316 e. The van der Waals surface area contributed by atoms with Gasteiger partial charge in [0.1, 0.15) is 0 Å². The van der Waals surface area contributed by atoms with E-state index in [2.05, 4.69) is 15.8 Å². The van der Waals surface area contributed by atoms with E-state index in [1.165, 1.54) is 6.21 Å². The van der Waals surface area contributed by atoms with Crippen molar-refractivity contribution in [1.29, 1.82) is 0 Å². The quantitative estimate of drug-likeness (QED) is 0.173. The molecule has 0 atom stereocenters. The molecule has 0 aliphatic carbocycles. The molecule has 4 aromatic carbocycles. The lowest BCUT2D eigenvalue weighted by Gasteiger charge is -2.11. The maximum absolute atomic E-state index is 12.9. The summed E-state index contributed by atoms with van der Waals surface area (Å²) in [4.78, 5) is 24.3. The van der Waals surface area contributed by atoms with E-state index in [0.29, 0.717) is 6.07 Å². The van der Waals surface area contributed by atoms with E-state index in [-0.39, 0.29) is 10.7 Å². The highest BCUT2D eigenvalue weighted by atomic mass is 35.5. The summed E-state index contributed by atoms with van der Waals surface area (Å²) in [7, 11) is 0. The number of nitrogens with zero attached hydrogens (tertiary/aromatic N) is 1. The molecule has 33 heavy (non-hydrogen) atoms. The first-order valence-electron chi connectivity index (χ1n) is 9.65. The van der Waals surface area contributed by atoms with Gasteiger partial charge < -0.3 is 5.32 Å². The molecule has 2 N–H and O–H groups in total. The molecule has 0 spiro atoms. The van der Waals surface area contributed by atoms with Gasteiger partial charge in [-0.3, -0.25) is 9.59 Å². The molecule has 0 aromatic heterocycles. The maximum atomic E-state index is 12.9. The van der Waals surface area contributed by atoms with Crippen molar-refractivity contribution in [1.82, 2.24) is 5.43 Å². The van der Waals surface area contributed by atoms with Crippen LogP contribution in [0.25, 0.3) is 21.5 Å². The number of hydrogen-bond acceptors (Lipinski definition) is 3. The Kier molecular flexibility index (Phi) is 6.02. The summed E-state index contributed by atoms with van der Waals surface area (Å²) in [5.41, 5.74) is 1.49. The number of carbonyl (C=O) groups excluding carboxylic acids is 2. The summed E-state index contributed by atoms with van der Waals surface area (Å²) < 4.78 is 38.7. The lowest BCUT2D eigenvalue weighted by molar-refractivity contribution is -0.137. The monoisotopic (exact) mass is 469 g/mol. The SMILES string of the molecule is O=C(N/N=C/c1c2ccccc2cc2ccccc12)C(=O)Nc1cc(C(F)(F)F)ccc1Cl. The molecule has 2 amide bonds. The minimum atomic E-state index is -4.63. The normalized spacial score (nSPS) is 11.8. The van der Waals surface area contributed by atoms with Crippen molar-refractivity contribution in [2.45, 2.75) is 6.18 Å². The first-order valence-corrected chi connectivity index (χ1v) is 10.0. The summed E-state index contributed by atoms with van der Waals surface area (Å²) in [6.07, 6.45) is -3.20. The Bertz CT molecular complexity index is 1360. The molecule has 0 saturated carbocycles. The van der Waals surface area contributed by atoms with Crippen LogP contribution in [0.4, 0.5) is 18.9 Å². The summed E-state index contributed by atoms with van der Waals surface area (Å²) in [5, 5.41) is 9.56. The van der Waals surface area contributed by atoms with Crippen molar-refractivity contribution in [2.24, 2.45) is 5.10 Å². The molecular formula is C24H15ClF3N3O2. The van der Waals surface area contributed by atoms with Crippen LogP contribution < -0.4 is 10.7 Å². The predicted octanol–water partition coefficient (Wildman–Crippen LogP) is 5.75. The van der Waals surface area contributed by atoms with Crippen molar-refractivity contribution < 1.29 is 22.8 Å². The Morgan fingerprint density at radius 3 is 2.06 bits per heavy atom. The molecule has 0 unspecified atom stereocenters. The van der Waals surface area contributed by atoms with Crippen LogP contribution in [0.5, 0.6) is 0 Å². The molecule has 0 aliphatic heterocycles. The fourth-order valence-electron chi connectivity index (χ4n) is 3.37. The molecule has 4 rings (SSSR count). The number of nitrogens with one attached hydrogen (secondary N) is 2. The van der Waals surface area contributed by atoms with Gasteiger partial charge in [0.05, 0.1) is 22.5 Å². The fraction of sp³-hybridized carbons (Fsp3) is 0.0417. The Labute approximate surface area is 190 Å². The van der Waals surface area contributed by atoms with Crippen LogP contribution in [-0.2, 0) is 15.8 Å². The third-order valence-electron chi connectivity index (χ3n) is 4.92. The Hall–Kier alpha value is -3.91.